The fraction of sp³-hybridized carbons (Fsp3) is 0.929. The normalized spacial score (nSPS) is 7.33. The van der Waals surface area contributed by atoms with Crippen molar-refractivity contribution < 1.29 is 37.0 Å². The van der Waals surface area contributed by atoms with E-state index in [2.05, 4.69) is 27.7 Å². The quantitative estimate of drug-likeness (QED) is 0.521. The fourth-order valence-corrected chi connectivity index (χ4v) is 0.474. The van der Waals surface area contributed by atoms with Crippen molar-refractivity contribution in [2.24, 2.45) is 0 Å². The molecule has 0 unspecified atom stereocenters. The Kier molecular flexibility index (Phi) is 91.1. The van der Waals surface area contributed by atoms with Gasteiger partial charge in [-0.3, -0.25) is 0 Å². The summed E-state index contributed by atoms with van der Waals surface area (Å²) in [6, 6.07) is 0. The molecule has 0 aliphatic heterocycles. The van der Waals surface area contributed by atoms with E-state index in [4.69, 9.17) is 15.3 Å². The summed E-state index contributed by atoms with van der Waals surface area (Å²) in [4.78, 5) is 0. The van der Waals surface area contributed by atoms with Crippen LogP contribution in [0.1, 0.15) is 66.2 Å². The molecular weight excluding hydrogens is 264 g/mol. The molecule has 0 aromatic heterocycles. The third kappa shape index (κ3) is 92.8. The third-order valence-electron chi connectivity index (χ3n) is 1.54. The SMILES string of the molecule is CCCCO.CCCCO.CCCCO.[CH2-]C.[Ti]. The van der Waals surface area contributed by atoms with Crippen LogP contribution in [0.5, 0.6) is 0 Å². The van der Waals surface area contributed by atoms with Crippen LogP contribution in [0.3, 0.4) is 0 Å². The van der Waals surface area contributed by atoms with Crippen molar-refractivity contribution >= 4 is 0 Å². The fourth-order valence-electron chi connectivity index (χ4n) is 0.474. The van der Waals surface area contributed by atoms with Gasteiger partial charge in [0.05, 0.1) is 0 Å². The maximum Gasteiger partial charge on any atom is 0.0430 e. The minimum atomic E-state index is 0. The van der Waals surface area contributed by atoms with Crippen molar-refractivity contribution in [1.82, 2.24) is 0 Å². The van der Waals surface area contributed by atoms with Gasteiger partial charge in [-0.15, -0.1) is 0 Å². The molecule has 0 saturated heterocycles. The molecule has 0 bridgehead atoms. The Balaban J connectivity index is -0.0000000427. The number of rotatable bonds is 6. The molecule has 114 valence electrons. The van der Waals surface area contributed by atoms with Crippen LogP contribution >= 0.6 is 0 Å². The second kappa shape index (κ2) is 52.6. The van der Waals surface area contributed by atoms with Gasteiger partial charge in [-0.2, -0.15) is 6.92 Å². The summed E-state index contributed by atoms with van der Waals surface area (Å²) in [6.45, 7) is 12.2. The maximum atomic E-state index is 8.07. The van der Waals surface area contributed by atoms with Gasteiger partial charge in [-0.1, -0.05) is 40.0 Å². The predicted molar refractivity (Wildman–Crippen MR) is 77.0 cm³/mol. The van der Waals surface area contributed by atoms with Crippen LogP contribution in [0.25, 0.3) is 0 Å². The Morgan fingerprint density at radius 3 is 0.778 bits per heavy atom. The van der Waals surface area contributed by atoms with Crippen molar-refractivity contribution in [2.75, 3.05) is 19.8 Å². The zero-order chi connectivity index (χ0) is 14.4. The Bertz CT molecular complexity index is 53.8. The minimum Gasteiger partial charge on any atom is -0.396 e. The second-order valence-corrected chi connectivity index (χ2v) is 3.23. The average molecular weight is 299 g/mol. The number of aliphatic hydroxyl groups excluding tert-OH is 3. The molecule has 3 nitrogen and oxygen atoms in total. The molecule has 0 atom stereocenters. The van der Waals surface area contributed by atoms with Gasteiger partial charge in [0.15, 0.2) is 0 Å². The molecule has 0 rings (SSSR count). The molecule has 4 heteroatoms. The molecule has 0 spiro atoms. The van der Waals surface area contributed by atoms with Gasteiger partial charge < -0.3 is 22.2 Å². The van der Waals surface area contributed by atoms with E-state index in [0.29, 0.717) is 19.8 Å². The minimum absolute atomic E-state index is 0. The zero-order valence-corrected chi connectivity index (χ0v) is 14.5. The summed E-state index contributed by atoms with van der Waals surface area (Å²) in [7, 11) is 0. The van der Waals surface area contributed by atoms with Crippen LogP contribution in [-0.4, -0.2) is 35.1 Å². The predicted octanol–water partition coefficient (Wildman–Crippen LogP) is 3.17. The smallest absolute Gasteiger partial charge is 0.0430 e. The van der Waals surface area contributed by atoms with Crippen molar-refractivity contribution in [1.29, 1.82) is 0 Å². The standard InChI is InChI=1S/3C4H10O.C2H5.Ti/c3*1-2-3-4-5;1-2;/h3*5H,2-4H2,1H3;1H2,2H3;/q;;;-1;. The molecule has 0 aromatic rings. The zero-order valence-electron chi connectivity index (χ0n) is 12.9. The van der Waals surface area contributed by atoms with Crippen LogP contribution in [0.4, 0.5) is 0 Å². The monoisotopic (exact) mass is 299 g/mol. The molecule has 3 N–H and O–H groups in total. The van der Waals surface area contributed by atoms with Gasteiger partial charge >= 0.3 is 0 Å². The summed E-state index contributed by atoms with van der Waals surface area (Å²) in [5, 5.41) is 24.2. The van der Waals surface area contributed by atoms with Gasteiger partial charge in [-0.25, -0.2) is 0 Å². The Morgan fingerprint density at radius 1 is 0.611 bits per heavy atom. The van der Waals surface area contributed by atoms with Crippen molar-refractivity contribution in [3.05, 3.63) is 6.92 Å². The number of hydrogen-bond acceptors (Lipinski definition) is 3. The first-order chi connectivity index (χ1) is 8.24. The Labute approximate surface area is 130 Å². The molecule has 0 aliphatic rings. The van der Waals surface area contributed by atoms with Crippen LogP contribution in [-0.2, 0) is 21.7 Å². The largest absolute Gasteiger partial charge is 0.396 e. The van der Waals surface area contributed by atoms with Crippen molar-refractivity contribution in [3.8, 4) is 0 Å². The summed E-state index contributed by atoms with van der Waals surface area (Å²) in [5.41, 5.74) is 0. The molecule has 0 heterocycles. The molecule has 0 fully saturated rings. The van der Waals surface area contributed by atoms with Gasteiger partial charge in [0.25, 0.3) is 0 Å². The van der Waals surface area contributed by atoms with Gasteiger partial charge in [0.1, 0.15) is 0 Å². The van der Waals surface area contributed by atoms with E-state index in [9.17, 15) is 0 Å². The molecular formula is C14H35O3Ti-. The Hall–Kier alpha value is 0.594. The van der Waals surface area contributed by atoms with E-state index < -0.39 is 0 Å². The number of aliphatic hydroxyl groups is 3. The van der Waals surface area contributed by atoms with Gasteiger partial charge in [-0.05, 0) is 19.3 Å². The number of hydrogen-bond donors (Lipinski definition) is 3. The summed E-state index contributed by atoms with van der Waals surface area (Å²) >= 11 is 0. The first-order valence-corrected chi connectivity index (χ1v) is 6.78. The van der Waals surface area contributed by atoms with E-state index in [-0.39, 0.29) is 21.7 Å². The summed E-state index contributed by atoms with van der Waals surface area (Å²) in [6.07, 6.45) is 6.11. The van der Waals surface area contributed by atoms with E-state index >= 15 is 0 Å². The first kappa shape index (κ1) is 31.1. The van der Waals surface area contributed by atoms with Crippen LogP contribution in [0.15, 0.2) is 0 Å². The molecule has 18 heavy (non-hydrogen) atoms. The van der Waals surface area contributed by atoms with Crippen molar-refractivity contribution in [3.63, 3.8) is 0 Å². The molecule has 0 radical (unpaired) electrons. The summed E-state index contributed by atoms with van der Waals surface area (Å²) in [5.74, 6) is 0. The van der Waals surface area contributed by atoms with Crippen LogP contribution in [0.2, 0.25) is 0 Å². The second-order valence-electron chi connectivity index (χ2n) is 3.23. The average Bonchev–Trinajstić information content (AvgIpc) is 2.36. The maximum absolute atomic E-state index is 8.07. The van der Waals surface area contributed by atoms with E-state index in [0.717, 1.165) is 38.5 Å². The van der Waals surface area contributed by atoms with Gasteiger partial charge in [0.2, 0.25) is 0 Å². The van der Waals surface area contributed by atoms with E-state index in [1.807, 2.05) is 0 Å². The Morgan fingerprint density at radius 2 is 0.778 bits per heavy atom. The first-order valence-electron chi connectivity index (χ1n) is 6.78. The molecule has 0 saturated carbocycles. The molecule has 0 amide bonds. The van der Waals surface area contributed by atoms with Crippen LogP contribution < -0.4 is 0 Å². The molecule has 0 aliphatic carbocycles. The topological polar surface area (TPSA) is 60.7 Å². The van der Waals surface area contributed by atoms with Crippen LogP contribution in [0, 0.1) is 6.92 Å². The third-order valence-corrected chi connectivity index (χ3v) is 1.54. The number of unbranched alkanes of at least 4 members (excludes halogenated alkanes) is 3. The summed E-state index contributed by atoms with van der Waals surface area (Å²) < 4.78 is 0. The van der Waals surface area contributed by atoms with E-state index in [1.165, 1.54) is 0 Å². The van der Waals surface area contributed by atoms with Gasteiger partial charge in [0, 0.05) is 41.5 Å². The van der Waals surface area contributed by atoms with Crippen molar-refractivity contribution in [2.45, 2.75) is 66.2 Å². The molecule has 0 aromatic carbocycles. The van der Waals surface area contributed by atoms with E-state index in [1.54, 1.807) is 6.92 Å².